The third-order valence-electron chi connectivity index (χ3n) is 3.92. The van der Waals surface area contributed by atoms with Gasteiger partial charge in [0.2, 0.25) is 0 Å². The molecule has 0 aromatic heterocycles. The molecule has 4 heteroatoms. The minimum Gasteiger partial charge on any atom is -0.481 e. The highest BCUT2D eigenvalue weighted by Crippen LogP contribution is 2.23. The zero-order valence-electron chi connectivity index (χ0n) is 13.8. The summed E-state index contributed by atoms with van der Waals surface area (Å²) in [5.41, 5.74) is 2.55. The molecule has 2 aromatic carbocycles. The van der Waals surface area contributed by atoms with Gasteiger partial charge in [0.05, 0.1) is 5.92 Å². The highest BCUT2D eigenvalue weighted by Gasteiger charge is 2.23. The monoisotopic (exact) mass is 344 g/mol. The molecule has 0 heterocycles. The molecule has 2 rings (SSSR count). The van der Waals surface area contributed by atoms with Crippen LogP contribution in [0.2, 0.25) is 5.02 Å². The topological polar surface area (TPSA) is 54.4 Å². The van der Waals surface area contributed by atoms with Crippen LogP contribution in [0.1, 0.15) is 37.0 Å². The average molecular weight is 345 g/mol. The summed E-state index contributed by atoms with van der Waals surface area (Å²) >= 11 is 5.88. The highest BCUT2D eigenvalue weighted by molar-refractivity contribution is 6.30. The summed E-state index contributed by atoms with van der Waals surface area (Å²) in [6, 6.07) is 14.7. The van der Waals surface area contributed by atoms with Crippen molar-refractivity contribution in [1.29, 1.82) is 0 Å². The van der Waals surface area contributed by atoms with E-state index < -0.39 is 11.9 Å². The molecule has 0 aliphatic carbocycles. The Hall–Kier alpha value is -2.13. The van der Waals surface area contributed by atoms with Gasteiger partial charge in [-0.05, 0) is 35.6 Å². The van der Waals surface area contributed by atoms with E-state index >= 15 is 0 Å². The number of aliphatic carboxylic acids is 1. The van der Waals surface area contributed by atoms with Crippen molar-refractivity contribution >= 4 is 23.4 Å². The largest absolute Gasteiger partial charge is 0.481 e. The van der Waals surface area contributed by atoms with Gasteiger partial charge in [-0.2, -0.15) is 0 Å². The average Bonchev–Trinajstić information content (AvgIpc) is 2.54. The van der Waals surface area contributed by atoms with Crippen molar-refractivity contribution in [2.75, 3.05) is 0 Å². The highest BCUT2D eigenvalue weighted by atomic mass is 35.5. The molecule has 24 heavy (non-hydrogen) atoms. The Balaban J connectivity index is 2.10. The van der Waals surface area contributed by atoms with E-state index in [9.17, 15) is 14.7 Å². The molecule has 1 atom stereocenters. The number of Topliss-reactive ketones (excluding diaryl/α,β-unsaturated/α-hetero) is 1. The predicted octanol–water partition coefficient (Wildman–Crippen LogP) is 5.33. The van der Waals surface area contributed by atoms with Gasteiger partial charge in [-0.15, -0.1) is 0 Å². The van der Waals surface area contributed by atoms with E-state index in [0.29, 0.717) is 17.0 Å². The number of carbonyl (C=O) groups is 2. The first kappa shape index (κ1) is 18.2. The third-order valence-corrected chi connectivity index (χ3v) is 4.17. The third kappa shape index (κ3) is 4.93. The number of rotatable bonds is 7. The summed E-state index contributed by atoms with van der Waals surface area (Å²) in [4.78, 5) is 23.7. The molecule has 0 radical (unpaired) electrons. The number of ketones is 1. The number of carbonyl (C=O) groups excluding carboxylic acids is 1. The molecular weight excluding hydrogens is 324 g/mol. The van der Waals surface area contributed by atoms with Crippen molar-refractivity contribution in [2.24, 2.45) is 11.8 Å². The lowest BCUT2D eigenvalue weighted by Crippen LogP contribution is -2.20. The van der Waals surface area contributed by atoms with Crippen molar-refractivity contribution in [2.45, 2.75) is 26.7 Å². The van der Waals surface area contributed by atoms with E-state index in [2.05, 4.69) is 0 Å². The minimum absolute atomic E-state index is 0.0355. The molecule has 0 saturated heterocycles. The summed E-state index contributed by atoms with van der Waals surface area (Å²) in [6.45, 7) is 3.92. The standard InChI is InChI=1S/C20H21ClO3/c1-13(2)11-17(20(23)24)12-19(22)16-5-3-14(4-6-16)15-7-9-18(21)10-8-15/h3-10,13,17H,11-12H2,1-2H3,(H,23,24). The van der Waals surface area contributed by atoms with Crippen molar-refractivity contribution in [3.8, 4) is 11.1 Å². The first-order chi connectivity index (χ1) is 11.4. The number of benzene rings is 2. The van der Waals surface area contributed by atoms with Crippen molar-refractivity contribution in [3.05, 3.63) is 59.1 Å². The smallest absolute Gasteiger partial charge is 0.306 e. The van der Waals surface area contributed by atoms with Crippen LogP contribution >= 0.6 is 11.6 Å². The van der Waals surface area contributed by atoms with Crippen molar-refractivity contribution in [3.63, 3.8) is 0 Å². The fourth-order valence-electron chi connectivity index (χ4n) is 2.67. The van der Waals surface area contributed by atoms with Gasteiger partial charge in [-0.1, -0.05) is 61.8 Å². The van der Waals surface area contributed by atoms with Gasteiger partial charge < -0.3 is 5.11 Å². The first-order valence-electron chi connectivity index (χ1n) is 7.99. The number of halogens is 1. The maximum Gasteiger partial charge on any atom is 0.306 e. The Bertz CT molecular complexity index is 703. The molecule has 0 fully saturated rings. The Morgan fingerprint density at radius 1 is 0.958 bits per heavy atom. The molecule has 0 aliphatic heterocycles. The Morgan fingerprint density at radius 2 is 1.46 bits per heavy atom. The number of carboxylic acid groups (broad SMARTS) is 1. The molecule has 3 nitrogen and oxygen atoms in total. The molecule has 2 aromatic rings. The van der Waals surface area contributed by atoms with Crippen LogP contribution in [0.15, 0.2) is 48.5 Å². The van der Waals surface area contributed by atoms with Crippen LogP contribution in [0.5, 0.6) is 0 Å². The molecular formula is C20H21ClO3. The van der Waals surface area contributed by atoms with Gasteiger partial charge in [0.25, 0.3) is 0 Å². The summed E-state index contributed by atoms with van der Waals surface area (Å²) in [7, 11) is 0. The number of carboxylic acids is 1. The summed E-state index contributed by atoms with van der Waals surface area (Å²) in [5.74, 6) is -1.43. The Kier molecular flexibility index (Phi) is 6.16. The number of hydrogen-bond donors (Lipinski definition) is 1. The Labute approximate surface area is 147 Å². The van der Waals surface area contributed by atoms with E-state index in [-0.39, 0.29) is 18.1 Å². The lowest BCUT2D eigenvalue weighted by atomic mass is 9.90. The molecule has 0 saturated carbocycles. The maximum absolute atomic E-state index is 12.4. The SMILES string of the molecule is CC(C)CC(CC(=O)c1ccc(-c2ccc(Cl)cc2)cc1)C(=O)O. The summed E-state index contributed by atoms with van der Waals surface area (Å²) in [5, 5.41) is 9.95. The molecule has 0 bridgehead atoms. The molecule has 0 spiro atoms. The summed E-state index contributed by atoms with van der Waals surface area (Å²) < 4.78 is 0. The van der Waals surface area contributed by atoms with Gasteiger partial charge >= 0.3 is 5.97 Å². The molecule has 1 N–H and O–H groups in total. The lowest BCUT2D eigenvalue weighted by Gasteiger charge is -2.14. The molecule has 0 amide bonds. The van der Waals surface area contributed by atoms with Crippen LogP contribution in [-0.4, -0.2) is 16.9 Å². The van der Waals surface area contributed by atoms with Gasteiger partial charge in [0.1, 0.15) is 0 Å². The predicted molar refractivity (Wildman–Crippen MR) is 96.4 cm³/mol. The van der Waals surface area contributed by atoms with Gasteiger partial charge in [0.15, 0.2) is 5.78 Å². The van der Waals surface area contributed by atoms with Crippen LogP contribution in [0.3, 0.4) is 0 Å². The second-order valence-electron chi connectivity index (χ2n) is 6.38. The van der Waals surface area contributed by atoms with Gasteiger partial charge in [0, 0.05) is 17.0 Å². The van der Waals surface area contributed by atoms with Crippen LogP contribution in [0, 0.1) is 11.8 Å². The van der Waals surface area contributed by atoms with Crippen LogP contribution in [0.4, 0.5) is 0 Å². The first-order valence-corrected chi connectivity index (χ1v) is 8.36. The zero-order valence-corrected chi connectivity index (χ0v) is 14.6. The lowest BCUT2D eigenvalue weighted by molar-refractivity contribution is -0.142. The zero-order chi connectivity index (χ0) is 17.7. The fourth-order valence-corrected chi connectivity index (χ4v) is 2.80. The maximum atomic E-state index is 12.4. The molecule has 0 aliphatic rings. The second kappa shape index (κ2) is 8.11. The summed E-state index contributed by atoms with van der Waals surface area (Å²) in [6.07, 6.45) is 0.539. The van der Waals surface area contributed by atoms with Crippen molar-refractivity contribution < 1.29 is 14.7 Å². The molecule has 1 unspecified atom stereocenters. The fraction of sp³-hybridized carbons (Fsp3) is 0.300. The normalized spacial score (nSPS) is 12.2. The van der Waals surface area contributed by atoms with E-state index in [1.165, 1.54) is 0 Å². The van der Waals surface area contributed by atoms with E-state index in [4.69, 9.17) is 11.6 Å². The van der Waals surface area contributed by atoms with Gasteiger partial charge in [-0.25, -0.2) is 0 Å². The number of hydrogen-bond acceptors (Lipinski definition) is 2. The van der Waals surface area contributed by atoms with E-state index in [0.717, 1.165) is 11.1 Å². The van der Waals surface area contributed by atoms with Crippen molar-refractivity contribution in [1.82, 2.24) is 0 Å². The van der Waals surface area contributed by atoms with Crippen LogP contribution in [-0.2, 0) is 4.79 Å². The Morgan fingerprint density at radius 3 is 1.92 bits per heavy atom. The second-order valence-corrected chi connectivity index (χ2v) is 6.81. The van der Waals surface area contributed by atoms with Crippen LogP contribution in [0.25, 0.3) is 11.1 Å². The van der Waals surface area contributed by atoms with E-state index in [1.54, 1.807) is 12.1 Å². The molecule has 126 valence electrons. The minimum atomic E-state index is -0.908. The van der Waals surface area contributed by atoms with Gasteiger partial charge in [-0.3, -0.25) is 9.59 Å². The quantitative estimate of drug-likeness (QED) is 0.691. The van der Waals surface area contributed by atoms with E-state index in [1.807, 2.05) is 50.2 Å². The van der Waals surface area contributed by atoms with Crippen LogP contribution < -0.4 is 0 Å².